The number of nitrogens with zero attached hydrogens (tertiary/aromatic N) is 2. The van der Waals surface area contributed by atoms with E-state index in [1.54, 1.807) is 35.6 Å². The molecule has 7 nitrogen and oxygen atoms in total. The van der Waals surface area contributed by atoms with Crippen LogP contribution in [0, 0.1) is 10.1 Å². The molecule has 4 rings (SSSR count). The summed E-state index contributed by atoms with van der Waals surface area (Å²) in [5.41, 5.74) is 1.60. The molecule has 1 heterocycles. The highest BCUT2D eigenvalue weighted by Crippen LogP contribution is 2.31. The van der Waals surface area contributed by atoms with Crippen LogP contribution in [0.3, 0.4) is 0 Å². The van der Waals surface area contributed by atoms with Gasteiger partial charge in [0, 0.05) is 17.3 Å². The van der Waals surface area contributed by atoms with Crippen LogP contribution < -0.4 is 4.72 Å². The SMILES string of the molecule is O=[N+]([O-])c1ccccc1S(=O)(=O)Nc1ccc(-c2nc3ccccc3s2)cc1. The van der Waals surface area contributed by atoms with E-state index in [9.17, 15) is 18.5 Å². The van der Waals surface area contributed by atoms with Gasteiger partial charge in [0.05, 0.1) is 15.1 Å². The highest BCUT2D eigenvalue weighted by Gasteiger charge is 2.25. The Morgan fingerprint density at radius 1 is 0.929 bits per heavy atom. The molecule has 3 aromatic carbocycles. The first kappa shape index (κ1) is 18.1. The fraction of sp³-hybridized carbons (Fsp3) is 0. The van der Waals surface area contributed by atoms with Gasteiger partial charge in [-0.15, -0.1) is 11.3 Å². The number of anilines is 1. The van der Waals surface area contributed by atoms with Gasteiger partial charge in [0.15, 0.2) is 4.90 Å². The lowest BCUT2D eigenvalue weighted by molar-refractivity contribution is -0.387. The van der Waals surface area contributed by atoms with Gasteiger partial charge >= 0.3 is 0 Å². The van der Waals surface area contributed by atoms with Crippen molar-refractivity contribution < 1.29 is 13.3 Å². The van der Waals surface area contributed by atoms with Crippen molar-refractivity contribution in [3.05, 3.63) is 82.9 Å². The number of thiazole rings is 1. The number of hydrogen-bond acceptors (Lipinski definition) is 6. The Morgan fingerprint density at radius 3 is 2.32 bits per heavy atom. The summed E-state index contributed by atoms with van der Waals surface area (Å²) in [7, 11) is -4.09. The second-order valence-electron chi connectivity index (χ2n) is 5.89. The molecule has 1 aromatic heterocycles. The van der Waals surface area contributed by atoms with Gasteiger partial charge in [-0.1, -0.05) is 24.3 Å². The number of benzene rings is 3. The van der Waals surface area contributed by atoms with Crippen LogP contribution in [0.4, 0.5) is 11.4 Å². The van der Waals surface area contributed by atoms with Gasteiger partial charge in [0.25, 0.3) is 15.7 Å². The van der Waals surface area contributed by atoms with Gasteiger partial charge in [-0.2, -0.15) is 0 Å². The molecule has 0 amide bonds. The van der Waals surface area contributed by atoms with Crippen LogP contribution >= 0.6 is 11.3 Å². The summed E-state index contributed by atoms with van der Waals surface area (Å²) in [4.78, 5) is 14.6. The first-order valence-electron chi connectivity index (χ1n) is 8.16. The van der Waals surface area contributed by atoms with E-state index in [1.165, 1.54) is 18.2 Å². The lowest BCUT2D eigenvalue weighted by Gasteiger charge is -2.08. The fourth-order valence-electron chi connectivity index (χ4n) is 2.72. The number of fused-ring (bicyclic) bond motifs is 1. The second kappa shape index (κ2) is 7.02. The monoisotopic (exact) mass is 411 g/mol. The van der Waals surface area contributed by atoms with E-state index in [2.05, 4.69) is 9.71 Å². The molecule has 0 aliphatic heterocycles. The molecular weight excluding hydrogens is 398 g/mol. The van der Waals surface area contributed by atoms with Crippen LogP contribution in [-0.2, 0) is 10.0 Å². The molecule has 0 atom stereocenters. The average molecular weight is 411 g/mol. The van der Waals surface area contributed by atoms with E-state index < -0.39 is 20.6 Å². The maximum atomic E-state index is 12.6. The van der Waals surface area contributed by atoms with Gasteiger partial charge in [-0.3, -0.25) is 14.8 Å². The number of aromatic nitrogens is 1. The number of sulfonamides is 1. The minimum atomic E-state index is -4.09. The molecule has 28 heavy (non-hydrogen) atoms. The van der Waals surface area contributed by atoms with E-state index in [4.69, 9.17) is 0 Å². The molecule has 9 heteroatoms. The Labute approximate surface area is 164 Å². The van der Waals surface area contributed by atoms with E-state index in [1.807, 2.05) is 24.3 Å². The summed E-state index contributed by atoms with van der Waals surface area (Å²) < 4.78 is 28.6. The quantitative estimate of drug-likeness (QED) is 0.380. The Bertz CT molecular complexity index is 1250. The van der Waals surface area contributed by atoms with Gasteiger partial charge in [0.2, 0.25) is 0 Å². The Hall–Kier alpha value is -3.30. The zero-order valence-corrected chi connectivity index (χ0v) is 15.9. The van der Waals surface area contributed by atoms with Crippen LogP contribution in [0.25, 0.3) is 20.8 Å². The largest absolute Gasteiger partial charge is 0.289 e. The van der Waals surface area contributed by atoms with Crippen molar-refractivity contribution in [3.63, 3.8) is 0 Å². The Kier molecular flexibility index (Phi) is 4.54. The molecule has 0 aliphatic rings. The zero-order chi connectivity index (χ0) is 19.7. The summed E-state index contributed by atoms with van der Waals surface area (Å²) >= 11 is 1.55. The van der Waals surface area contributed by atoms with Crippen LogP contribution in [0.15, 0.2) is 77.7 Å². The van der Waals surface area contributed by atoms with Crippen molar-refractivity contribution >= 4 is 43.0 Å². The average Bonchev–Trinajstić information content (AvgIpc) is 3.12. The third-order valence-electron chi connectivity index (χ3n) is 4.03. The molecule has 1 N–H and O–H groups in total. The first-order valence-corrected chi connectivity index (χ1v) is 10.5. The normalized spacial score (nSPS) is 11.4. The van der Waals surface area contributed by atoms with Gasteiger partial charge in [-0.05, 0) is 42.5 Å². The molecule has 0 saturated carbocycles. The van der Waals surface area contributed by atoms with Gasteiger partial charge in [-0.25, -0.2) is 13.4 Å². The number of rotatable bonds is 5. The van der Waals surface area contributed by atoms with Crippen LogP contribution in [0.2, 0.25) is 0 Å². The molecule has 0 bridgehead atoms. The van der Waals surface area contributed by atoms with Crippen molar-refractivity contribution in [2.45, 2.75) is 4.90 Å². The molecule has 140 valence electrons. The van der Waals surface area contributed by atoms with Crippen molar-refractivity contribution in [1.29, 1.82) is 0 Å². The van der Waals surface area contributed by atoms with Crippen molar-refractivity contribution in [3.8, 4) is 10.6 Å². The number of para-hydroxylation sites is 2. The lowest BCUT2D eigenvalue weighted by atomic mass is 10.2. The summed E-state index contributed by atoms with van der Waals surface area (Å²) in [5.74, 6) is 0. The molecular formula is C19H13N3O4S2. The second-order valence-corrected chi connectivity index (χ2v) is 8.58. The highest BCUT2D eigenvalue weighted by atomic mass is 32.2. The third-order valence-corrected chi connectivity index (χ3v) is 6.54. The smallest absolute Gasteiger partial charge is 0.279 e. The molecule has 0 aliphatic carbocycles. The van der Waals surface area contributed by atoms with Crippen molar-refractivity contribution in [1.82, 2.24) is 4.98 Å². The number of nitro groups is 1. The van der Waals surface area contributed by atoms with E-state index >= 15 is 0 Å². The minimum absolute atomic E-state index is 0.308. The van der Waals surface area contributed by atoms with Crippen LogP contribution in [0.5, 0.6) is 0 Å². The molecule has 0 radical (unpaired) electrons. The Morgan fingerprint density at radius 2 is 1.61 bits per heavy atom. The number of nitrogens with one attached hydrogen (secondary N) is 1. The van der Waals surface area contributed by atoms with Crippen LogP contribution in [0.1, 0.15) is 0 Å². The molecule has 0 spiro atoms. The molecule has 0 fully saturated rings. The van der Waals surface area contributed by atoms with E-state index in [0.717, 1.165) is 26.9 Å². The number of hydrogen-bond donors (Lipinski definition) is 1. The highest BCUT2D eigenvalue weighted by molar-refractivity contribution is 7.92. The summed E-state index contributed by atoms with van der Waals surface area (Å²) in [5, 5.41) is 11.9. The van der Waals surface area contributed by atoms with E-state index in [0.29, 0.717) is 5.69 Å². The molecule has 4 aromatic rings. The third kappa shape index (κ3) is 3.45. The Balaban J connectivity index is 1.62. The maximum absolute atomic E-state index is 12.6. The fourth-order valence-corrected chi connectivity index (χ4v) is 4.92. The zero-order valence-electron chi connectivity index (χ0n) is 14.3. The lowest BCUT2D eigenvalue weighted by Crippen LogP contribution is -2.14. The van der Waals surface area contributed by atoms with E-state index in [-0.39, 0.29) is 4.90 Å². The van der Waals surface area contributed by atoms with Crippen molar-refractivity contribution in [2.75, 3.05) is 4.72 Å². The standard InChI is InChI=1S/C19H13N3O4S2/c23-22(24)16-6-2-4-8-18(16)28(25,26)21-14-11-9-13(10-12-14)19-20-15-5-1-3-7-17(15)27-19/h1-12,21H. The minimum Gasteiger partial charge on any atom is -0.279 e. The summed E-state index contributed by atoms with van der Waals surface area (Å²) in [6.45, 7) is 0. The van der Waals surface area contributed by atoms with Crippen molar-refractivity contribution in [2.24, 2.45) is 0 Å². The molecule has 0 saturated heterocycles. The number of nitro benzene ring substituents is 1. The van der Waals surface area contributed by atoms with Gasteiger partial charge in [0.1, 0.15) is 5.01 Å². The topological polar surface area (TPSA) is 102 Å². The maximum Gasteiger partial charge on any atom is 0.289 e. The predicted molar refractivity (Wildman–Crippen MR) is 109 cm³/mol. The summed E-state index contributed by atoms with van der Waals surface area (Å²) in [6, 6.07) is 19.8. The predicted octanol–water partition coefficient (Wildman–Crippen LogP) is 4.67. The molecule has 0 unspecified atom stereocenters. The first-order chi connectivity index (χ1) is 13.4. The van der Waals surface area contributed by atoms with Crippen LogP contribution in [-0.4, -0.2) is 18.3 Å². The van der Waals surface area contributed by atoms with Gasteiger partial charge < -0.3 is 0 Å². The summed E-state index contributed by atoms with van der Waals surface area (Å²) in [6.07, 6.45) is 0.